The summed E-state index contributed by atoms with van der Waals surface area (Å²) in [4.78, 5) is 11.3. The first-order valence-electron chi connectivity index (χ1n) is 7.13. The van der Waals surface area contributed by atoms with E-state index in [1.54, 1.807) is 12.1 Å². The van der Waals surface area contributed by atoms with Gasteiger partial charge in [0.1, 0.15) is 18.0 Å². The molecule has 1 saturated heterocycles. The quantitative estimate of drug-likeness (QED) is 0.473. The zero-order valence-corrected chi connectivity index (χ0v) is 14.6. The molecule has 1 aliphatic rings. The number of hydrogen-bond acceptors (Lipinski definition) is 5. The fourth-order valence-electron chi connectivity index (χ4n) is 1.74. The number of furan rings is 1. The summed E-state index contributed by atoms with van der Waals surface area (Å²) in [5.41, 5.74) is 0. The zero-order chi connectivity index (χ0) is 15.8. The largest absolute Gasteiger partial charge is 0.463 e. The smallest absolute Gasteiger partial charge is 0.373 e. The van der Waals surface area contributed by atoms with Crippen molar-refractivity contribution in [3.63, 3.8) is 0 Å². The third kappa shape index (κ3) is 3.56. The van der Waals surface area contributed by atoms with Crippen LogP contribution in [0.2, 0.25) is 18.1 Å². The van der Waals surface area contributed by atoms with Crippen LogP contribution in [-0.2, 0) is 13.9 Å². The van der Waals surface area contributed by atoms with Crippen LogP contribution in [0.1, 0.15) is 43.2 Å². The molecule has 0 unspecified atom stereocenters. The van der Waals surface area contributed by atoms with Crippen LogP contribution in [0.25, 0.3) is 0 Å². The van der Waals surface area contributed by atoms with Crippen molar-refractivity contribution in [2.75, 3.05) is 13.7 Å². The minimum absolute atomic E-state index is 0.00997. The molecular weight excluding hydrogens is 288 g/mol. The van der Waals surface area contributed by atoms with Crippen molar-refractivity contribution >= 4 is 14.3 Å². The lowest BCUT2D eigenvalue weighted by Crippen LogP contribution is -2.41. The number of hydrogen-bond donors (Lipinski definition) is 0. The number of methoxy groups -OCH3 is 1. The Morgan fingerprint density at radius 1 is 1.33 bits per heavy atom. The van der Waals surface area contributed by atoms with Gasteiger partial charge in [-0.3, -0.25) is 0 Å². The van der Waals surface area contributed by atoms with Gasteiger partial charge in [-0.05, 0) is 30.3 Å². The maximum atomic E-state index is 11.3. The van der Waals surface area contributed by atoms with Crippen LogP contribution in [0.5, 0.6) is 0 Å². The maximum absolute atomic E-state index is 11.3. The van der Waals surface area contributed by atoms with Crippen LogP contribution in [0.4, 0.5) is 0 Å². The Kier molecular flexibility index (Phi) is 4.33. The maximum Gasteiger partial charge on any atom is 0.373 e. The Morgan fingerprint density at radius 3 is 2.57 bits per heavy atom. The molecule has 2 rings (SSSR count). The fourth-order valence-corrected chi connectivity index (χ4v) is 2.76. The molecule has 1 aliphatic heterocycles. The highest BCUT2D eigenvalue weighted by atomic mass is 28.4. The third-order valence-electron chi connectivity index (χ3n) is 4.29. The van der Waals surface area contributed by atoms with E-state index >= 15 is 0 Å². The van der Waals surface area contributed by atoms with Crippen LogP contribution in [0, 0.1) is 0 Å². The topological polar surface area (TPSA) is 61.2 Å². The van der Waals surface area contributed by atoms with Gasteiger partial charge in [0.25, 0.3) is 0 Å². The van der Waals surface area contributed by atoms with Gasteiger partial charge < -0.3 is 18.3 Å². The molecule has 1 fully saturated rings. The van der Waals surface area contributed by atoms with Crippen LogP contribution in [0.3, 0.4) is 0 Å². The first-order chi connectivity index (χ1) is 9.65. The highest BCUT2D eigenvalue weighted by Gasteiger charge is 2.46. The standard InChI is InChI=1S/C15H24O5Si/c1-15(2,3)21(5,6)18-9-12-13(20-12)10-7-8-11(19-10)14(16)17-4/h7-8,12-13H,9H2,1-6H3/t12-,13-/m1/s1. The minimum Gasteiger partial charge on any atom is -0.463 e. The van der Waals surface area contributed by atoms with Gasteiger partial charge in [0.05, 0.1) is 13.7 Å². The molecule has 6 heteroatoms. The summed E-state index contributed by atoms with van der Waals surface area (Å²) in [7, 11) is -0.434. The number of rotatable bonds is 5. The lowest BCUT2D eigenvalue weighted by atomic mass is 10.2. The molecule has 1 aromatic rings. The molecule has 0 bridgehead atoms. The first-order valence-corrected chi connectivity index (χ1v) is 10.0. The number of esters is 1. The number of ether oxygens (including phenoxy) is 2. The molecule has 1 aromatic heterocycles. The predicted molar refractivity (Wildman–Crippen MR) is 80.8 cm³/mol. The van der Waals surface area contributed by atoms with E-state index in [0.29, 0.717) is 12.4 Å². The average molecular weight is 312 g/mol. The van der Waals surface area contributed by atoms with Crippen molar-refractivity contribution in [3.05, 3.63) is 23.7 Å². The molecule has 0 saturated carbocycles. The SMILES string of the molecule is COC(=O)c1ccc([C@H]2O[C@@H]2CO[Si](C)(C)C(C)(C)C)o1. The molecule has 2 atom stereocenters. The normalized spacial score (nSPS) is 22.2. The summed E-state index contributed by atoms with van der Waals surface area (Å²) in [5, 5.41) is 0.181. The Bertz CT molecular complexity index is 514. The van der Waals surface area contributed by atoms with Crippen LogP contribution in [0.15, 0.2) is 16.5 Å². The molecule has 5 nitrogen and oxygen atoms in total. The molecule has 0 amide bonds. The second kappa shape index (κ2) is 5.59. The highest BCUT2D eigenvalue weighted by molar-refractivity contribution is 6.74. The summed E-state index contributed by atoms with van der Waals surface area (Å²) < 4.78 is 21.8. The molecule has 21 heavy (non-hydrogen) atoms. The van der Waals surface area contributed by atoms with Crippen molar-refractivity contribution in [3.8, 4) is 0 Å². The van der Waals surface area contributed by atoms with Gasteiger partial charge in [-0.25, -0.2) is 4.79 Å². The molecule has 0 radical (unpaired) electrons. The molecule has 0 N–H and O–H groups in total. The van der Waals surface area contributed by atoms with Crippen LogP contribution < -0.4 is 0 Å². The molecule has 0 aromatic carbocycles. The number of epoxide rings is 1. The van der Waals surface area contributed by atoms with E-state index in [4.69, 9.17) is 13.6 Å². The molecule has 0 spiro atoms. The lowest BCUT2D eigenvalue weighted by Gasteiger charge is -2.35. The lowest BCUT2D eigenvalue weighted by molar-refractivity contribution is 0.0562. The minimum atomic E-state index is -1.76. The summed E-state index contributed by atoms with van der Waals surface area (Å²) in [6, 6.07) is 3.36. The predicted octanol–water partition coefficient (Wildman–Crippen LogP) is 3.53. The first kappa shape index (κ1) is 16.3. The van der Waals surface area contributed by atoms with Gasteiger partial charge >= 0.3 is 5.97 Å². The Hall–Kier alpha value is -1.11. The van der Waals surface area contributed by atoms with E-state index in [1.165, 1.54) is 7.11 Å². The van der Waals surface area contributed by atoms with Crippen LogP contribution in [-0.4, -0.2) is 34.1 Å². The van der Waals surface area contributed by atoms with E-state index in [2.05, 4.69) is 38.6 Å². The molecule has 118 valence electrons. The van der Waals surface area contributed by atoms with Gasteiger partial charge in [-0.1, -0.05) is 20.8 Å². The van der Waals surface area contributed by atoms with Gasteiger partial charge in [0.15, 0.2) is 8.32 Å². The van der Waals surface area contributed by atoms with Crippen molar-refractivity contribution in [1.29, 1.82) is 0 Å². The molecule has 2 heterocycles. The van der Waals surface area contributed by atoms with Crippen LogP contribution >= 0.6 is 0 Å². The average Bonchev–Trinajstić information content (AvgIpc) is 3.01. The van der Waals surface area contributed by atoms with Crippen molar-refractivity contribution < 1.29 is 23.1 Å². The molecule has 0 aliphatic carbocycles. The van der Waals surface area contributed by atoms with Gasteiger partial charge in [0.2, 0.25) is 5.76 Å². The van der Waals surface area contributed by atoms with E-state index in [1.807, 2.05) is 0 Å². The van der Waals surface area contributed by atoms with Crippen molar-refractivity contribution in [2.24, 2.45) is 0 Å². The Labute approximate surface area is 126 Å². The van der Waals surface area contributed by atoms with Gasteiger partial charge in [-0.15, -0.1) is 0 Å². The summed E-state index contributed by atoms with van der Waals surface area (Å²) in [6.45, 7) is 11.6. The zero-order valence-electron chi connectivity index (χ0n) is 13.6. The highest BCUT2D eigenvalue weighted by Crippen LogP contribution is 2.42. The van der Waals surface area contributed by atoms with Crippen molar-refractivity contribution in [2.45, 2.75) is 51.1 Å². The number of carbonyl (C=O) groups excluding carboxylic acids is 1. The fraction of sp³-hybridized carbons (Fsp3) is 0.667. The Balaban J connectivity index is 1.88. The van der Waals surface area contributed by atoms with E-state index < -0.39 is 14.3 Å². The third-order valence-corrected chi connectivity index (χ3v) is 8.79. The second-order valence-corrected chi connectivity index (χ2v) is 11.7. The monoisotopic (exact) mass is 312 g/mol. The summed E-state index contributed by atoms with van der Waals surface area (Å²) in [6.07, 6.45) is -0.107. The van der Waals surface area contributed by atoms with Gasteiger partial charge in [0, 0.05) is 0 Å². The number of carbonyl (C=O) groups is 1. The van der Waals surface area contributed by atoms with Gasteiger partial charge in [-0.2, -0.15) is 0 Å². The molecular formula is C15H24O5Si. The van der Waals surface area contributed by atoms with E-state index in [0.717, 1.165) is 0 Å². The second-order valence-electron chi connectivity index (χ2n) is 6.86. The summed E-state index contributed by atoms with van der Waals surface area (Å²) >= 11 is 0. The van der Waals surface area contributed by atoms with E-state index in [9.17, 15) is 4.79 Å². The summed E-state index contributed by atoms with van der Waals surface area (Å²) in [5.74, 6) is 0.377. The Morgan fingerprint density at radius 2 is 2.00 bits per heavy atom. The van der Waals surface area contributed by atoms with E-state index in [-0.39, 0.29) is 23.0 Å². The van der Waals surface area contributed by atoms with Crippen molar-refractivity contribution in [1.82, 2.24) is 0 Å².